The maximum Gasteiger partial charge on any atom is 0.115 e. The fourth-order valence-corrected chi connectivity index (χ4v) is 1.89. The quantitative estimate of drug-likeness (QED) is 0.621. The highest BCUT2D eigenvalue weighted by molar-refractivity contribution is 5.73. The first-order chi connectivity index (χ1) is 8.22. The minimum atomic E-state index is 0.267. The molecule has 0 saturated heterocycles. The highest BCUT2D eigenvalue weighted by Gasteiger charge is 2.06. The van der Waals surface area contributed by atoms with Gasteiger partial charge < -0.3 is 10.8 Å². The SMILES string of the molecule is C=CCc1c(N)cccc1-c1ccc(O)cc1. The third-order valence-corrected chi connectivity index (χ3v) is 2.74. The fourth-order valence-electron chi connectivity index (χ4n) is 1.89. The van der Waals surface area contributed by atoms with Crippen LogP contribution in [0.5, 0.6) is 5.75 Å². The van der Waals surface area contributed by atoms with Crippen LogP contribution in [0.2, 0.25) is 0 Å². The number of hydrogen-bond acceptors (Lipinski definition) is 2. The summed E-state index contributed by atoms with van der Waals surface area (Å²) in [6.07, 6.45) is 2.58. The third kappa shape index (κ3) is 2.31. The van der Waals surface area contributed by atoms with Gasteiger partial charge in [-0.3, -0.25) is 0 Å². The lowest BCUT2D eigenvalue weighted by molar-refractivity contribution is 0.475. The van der Waals surface area contributed by atoms with E-state index >= 15 is 0 Å². The molecular weight excluding hydrogens is 210 g/mol. The molecule has 2 aromatic rings. The molecule has 0 aliphatic carbocycles. The molecule has 0 heterocycles. The number of hydrogen-bond donors (Lipinski definition) is 2. The van der Waals surface area contributed by atoms with Crippen molar-refractivity contribution < 1.29 is 5.11 Å². The molecule has 0 fully saturated rings. The number of phenolic OH excluding ortho intramolecular Hbond substituents is 1. The molecule has 17 heavy (non-hydrogen) atoms. The maximum absolute atomic E-state index is 9.29. The van der Waals surface area contributed by atoms with E-state index in [1.807, 2.05) is 36.4 Å². The molecule has 0 aliphatic rings. The van der Waals surface area contributed by atoms with Gasteiger partial charge in [-0.25, -0.2) is 0 Å². The Bertz CT molecular complexity index is 529. The van der Waals surface area contributed by atoms with Crippen molar-refractivity contribution in [3.8, 4) is 16.9 Å². The number of nitrogen functional groups attached to an aromatic ring is 1. The van der Waals surface area contributed by atoms with E-state index in [0.717, 1.165) is 28.8 Å². The Morgan fingerprint density at radius 3 is 2.47 bits per heavy atom. The Balaban J connectivity index is 2.54. The second kappa shape index (κ2) is 4.74. The van der Waals surface area contributed by atoms with Gasteiger partial charge in [0.05, 0.1) is 0 Å². The van der Waals surface area contributed by atoms with Gasteiger partial charge in [0.2, 0.25) is 0 Å². The number of phenols is 1. The number of aromatic hydroxyl groups is 1. The van der Waals surface area contributed by atoms with E-state index in [-0.39, 0.29) is 5.75 Å². The van der Waals surface area contributed by atoms with E-state index in [2.05, 4.69) is 6.58 Å². The lowest BCUT2D eigenvalue weighted by Gasteiger charge is -2.11. The van der Waals surface area contributed by atoms with Gasteiger partial charge in [0, 0.05) is 5.69 Å². The molecule has 86 valence electrons. The lowest BCUT2D eigenvalue weighted by Crippen LogP contribution is -1.96. The van der Waals surface area contributed by atoms with E-state index in [1.165, 1.54) is 0 Å². The van der Waals surface area contributed by atoms with Crippen LogP contribution in [0.15, 0.2) is 55.1 Å². The second-order valence-electron chi connectivity index (χ2n) is 3.91. The number of benzene rings is 2. The molecule has 2 aromatic carbocycles. The van der Waals surface area contributed by atoms with Crippen molar-refractivity contribution in [1.82, 2.24) is 0 Å². The summed E-state index contributed by atoms with van der Waals surface area (Å²) in [6, 6.07) is 13.0. The van der Waals surface area contributed by atoms with Gasteiger partial charge in [0.1, 0.15) is 5.75 Å². The zero-order chi connectivity index (χ0) is 12.3. The van der Waals surface area contributed by atoms with Gasteiger partial charge in [0.25, 0.3) is 0 Å². The Hall–Kier alpha value is -2.22. The largest absolute Gasteiger partial charge is 0.508 e. The third-order valence-electron chi connectivity index (χ3n) is 2.74. The molecule has 0 unspecified atom stereocenters. The average molecular weight is 225 g/mol. The van der Waals surface area contributed by atoms with Crippen LogP contribution < -0.4 is 5.73 Å². The van der Waals surface area contributed by atoms with Crippen LogP contribution in [0.4, 0.5) is 5.69 Å². The second-order valence-corrected chi connectivity index (χ2v) is 3.91. The lowest BCUT2D eigenvalue weighted by atomic mass is 9.96. The van der Waals surface area contributed by atoms with E-state index < -0.39 is 0 Å². The molecule has 0 saturated carbocycles. The summed E-state index contributed by atoms with van der Waals surface area (Å²) in [4.78, 5) is 0. The zero-order valence-corrected chi connectivity index (χ0v) is 9.56. The van der Waals surface area contributed by atoms with Gasteiger partial charge in [-0.1, -0.05) is 30.3 Å². The summed E-state index contributed by atoms with van der Waals surface area (Å²) in [5.41, 5.74) is 9.96. The molecule has 0 bridgehead atoms. The summed E-state index contributed by atoms with van der Waals surface area (Å²) < 4.78 is 0. The smallest absolute Gasteiger partial charge is 0.115 e. The first kappa shape index (κ1) is 11.3. The summed E-state index contributed by atoms with van der Waals surface area (Å²) in [6.45, 7) is 3.75. The van der Waals surface area contributed by atoms with Crippen LogP contribution in [-0.2, 0) is 6.42 Å². The molecule has 0 aromatic heterocycles. The van der Waals surface area contributed by atoms with Gasteiger partial charge in [0.15, 0.2) is 0 Å². The molecule has 0 amide bonds. The predicted octanol–water partition coefficient (Wildman–Crippen LogP) is 3.37. The van der Waals surface area contributed by atoms with Crippen LogP contribution in [0.1, 0.15) is 5.56 Å². The molecule has 0 spiro atoms. The molecular formula is C15H15NO. The van der Waals surface area contributed by atoms with Crippen molar-refractivity contribution in [3.63, 3.8) is 0 Å². The number of anilines is 1. The number of nitrogens with two attached hydrogens (primary N) is 1. The first-order valence-corrected chi connectivity index (χ1v) is 5.50. The van der Waals surface area contributed by atoms with Gasteiger partial charge >= 0.3 is 0 Å². The monoisotopic (exact) mass is 225 g/mol. The highest BCUT2D eigenvalue weighted by atomic mass is 16.3. The van der Waals surface area contributed by atoms with Crippen molar-refractivity contribution in [3.05, 3.63) is 60.7 Å². The predicted molar refractivity (Wildman–Crippen MR) is 71.9 cm³/mol. The summed E-state index contributed by atoms with van der Waals surface area (Å²) in [5.74, 6) is 0.267. The van der Waals surface area contributed by atoms with E-state index in [1.54, 1.807) is 12.1 Å². The number of rotatable bonds is 3. The summed E-state index contributed by atoms with van der Waals surface area (Å²) in [5, 5.41) is 9.29. The topological polar surface area (TPSA) is 46.2 Å². The van der Waals surface area contributed by atoms with E-state index in [4.69, 9.17) is 5.73 Å². The molecule has 3 N–H and O–H groups in total. The molecule has 2 nitrogen and oxygen atoms in total. The van der Waals surface area contributed by atoms with Crippen LogP contribution in [0.25, 0.3) is 11.1 Å². The Kier molecular flexibility index (Phi) is 3.15. The van der Waals surface area contributed by atoms with Crippen molar-refractivity contribution >= 4 is 5.69 Å². The molecule has 2 heteroatoms. The Labute approximate surface area is 101 Å². The molecule has 0 aliphatic heterocycles. The fraction of sp³-hybridized carbons (Fsp3) is 0.0667. The van der Waals surface area contributed by atoms with Crippen LogP contribution >= 0.6 is 0 Å². The average Bonchev–Trinajstić information content (AvgIpc) is 2.33. The Morgan fingerprint density at radius 2 is 1.82 bits per heavy atom. The van der Waals surface area contributed by atoms with Crippen molar-refractivity contribution in [1.29, 1.82) is 0 Å². The molecule has 0 atom stereocenters. The normalized spacial score (nSPS) is 10.1. The maximum atomic E-state index is 9.29. The zero-order valence-electron chi connectivity index (χ0n) is 9.56. The summed E-state index contributed by atoms with van der Waals surface area (Å²) >= 11 is 0. The minimum absolute atomic E-state index is 0.267. The van der Waals surface area contributed by atoms with E-state index in [0.29, 0.717) is 0 Å². The van der Waals surface area contributed by atoms with Crippen molar-refractivity contribution in [2.75, 3.05) is 5.73 Å². The molecule has 0 radical (unpaired) electrons. The van der Waals surface area contributed by atoms with Gasteiger partial charge in [-0.2, -0.15) is 0 Å². The Morgan fingerprint density at radius 1 is 1.12 bits per heavy atom. The highest BCUT2D eigenvalue weighted by Crippen LogP contribution is 2.29. The molecule has 2 rings (SSSR count). The van der Waals surface area contributed by atoms with Crippen LogP contribution in [-0.4, -0.2) is 5.11 Å². The van der Waals surface area contributed by atoms with Gasteiger partial charge in [-0.05, 0) is 41.3 Å². The first-order valence-electron chi connectivity index (χ1n) is 5.50. The van der Waals surface area contributed by atoms with Crippen LogP contribution in [0, 0.1) is 0 Å². The van der Waals surface area contributed by atoms with Crippen molar-refractivity contribution in [2.45, 2.75) is 6.42 Å². The van der Waals surface area contributed by atoms with E-state index in [9.17, 15) is 5.11 Å². The van der Waals surface area contributed by atoms with Gasteiger partial charge in [-0.15, -0.1) is 6.58 Å². The van der Waals surface area contributed by atoms with Crippen molar-refractivity contribution in [2.24, 2.45) is 0 Å². The van der Waals surface area contributed by atoms with Crippen LogP contribution in [0.3, 0.4) is 0 Å². The minimum Gasteiger partial charge on any atom is -0.508 e. The number of allylic oxidation sites excluding steroid dienone is 1. The summed E-state index contributed by atoms with van der Waals surface area (Å²) in [7, 11) is 0. The standard InChI is InChI=1S/C15H15NO/c1-2-4-14-13(5-3-6-15(14)16)11-7-9-12(17)10-8-11/h2-3,5-10,17H,1,4,16H2.